The topological polar surface area (TPSA) is 53.2 Å². The zero-order valence-electron chi connectivity index (χ0n) is 8.39. The van der Waals surface area contributed by atoms with Gasteiger partial charge in [0.2, 0.25) is 0 Å². The first-order chi connectivity index (χ1) is 6.24. The van der Waals surface area contributed by atoms with Crippen LogP contribution in [0.25, 0.3) is 0 Å². The summed E-state index contributed by atoms with van der Waals surface area (Å²) >= 11 is 0. The van der Waals surface area contributed by atoms with Crippen molar-refractivity contribution in [1.82, 2.24) is 16.0 Å². The van der Waals surface area contributed by atoms with Gasteiger partial charge in [-0.3, -0.25) is 0 Å². The van der Waals surface area contributed by atoms with E-state index in [2.05, 4.69) is 22.9 Å². The van der Waals surface area contributed by atoms with Gasteiger partial charge < -0.3 is 16.0 Å². The summed E-state index contributed by atoms with van der Waals surface area (Å²) in [6, 6.07) is 0.339. The molecule has 1 heterocycles. The number of hydrogen-bond acceptors (Lipinski definition) is 2. The highest BCUT2D eigenvalue weighted by Gasteiger charge is 2.20. The van der Waals surface area contributed by atoms with Gasteiger partial charge in [-0.15, -0.1) is 0 Å². The van der Waals surface area contributed by atoms with Gasteiger partial charge in [0.1, 0.15) is 0 Å². The number of carbonyl (C=O) groups excluding carboxylic acids is 1. The van der Waals surface area contributed by atoms with E-state index in [-0.39, 0.29) is 6.03 Å². The van der Waals surface area contributed by atoms with E-state index in [1.54, 1.807) is 7.05 Å². The lowest BCUT2D eigenvalue weighted by molar-refractivity contribution is 0.235. The second-order valence-electron chi connectivity index (χ2n) is 3.64. The van der Waals surface area contributed by atoms with Crippen LogP contribution in [0.4, 0.5) is 4.79 Å². The number of amides is 2. The molecule has 2 unspecified atom stereocenters. The summed E-state index contributed by atoms with van der Waals surface area (Å²) in [5, 5.41) is 8.77. The first kappa shape index (κ1) is 10.3. The molecule has 4 heteroatoms. The molecule has 76 valence electrons. The summed E-state index contributed by atoms with van der Waals surface area (Å²) in [6.45, 7) is 4.02. The molecule has 0 saturated carbocycles. The van der Waals surface area contributed by atoms with Crippen molar-refractivity contribution in [2.75, 3.05) is 20.1 Å². The number of carbonyl (C=O) groups is 1. The zero-order valence-corrected chi connectivity index (χ0v) is 8.39. The predicted octanol–water partition coefficient (Wildman–Crippen LogP) is 0.304. The molecule has 4 nitrogen and oxygen atoms in total. The van der Waals surface area contributed by atoms with Gasteiger partial charge in [-0.05, 0) is 25.3 Å². The van der Waals surface area contributed by atoms with Gasteiger partial charge >= 0.3 is 6.03 Å². The molecule has 1 aliphatic heterocycles. The lowest BCUT2D eigenvalue weighted by atomic mass is 9.93. The summed E-state index contributed by atoms with van der Waals surface area (Å²) in [6.07, 6.45) is 2.50. The standard InChI is InChI=1S/C9H19N3O/c1-7-4-3-5-11-8(7)6-12-9(13)10-2/h7-8,11H,3-6H2,1-2H3,(H2,10,12,13). The third-order valence-corrected chi connectivity index (χ3v) is 2.64. The molecular weight excluding hydrogens is 166 g/mol. The number of hydrogen-bond donors (Lipinski definition) is 3. The van der Waals surface area contributed by atoms with Crippen LogP contribution < -0.4 is 16.0 Å². The van der Waals surface area contributed by atoms with Crippen LogP contribution in [0.1, 0.15) is 19.8 Å². The summed E-state index contributed by atoms with van der Waals surface area (Å²) in [5.74, 6) is 0.658. The van der Waals surface area contributed by atoms with Gasteiger partial charge in [0.15, 0.2) is 0 Å². The average Bonchev–Trinajstić information content (AvgIpc) is 2.16. The smallest absolute Gasteiger partial charge is 0.314 e. The minimum absolute atomic E-state index is 0.0976. The molecule has 0 bridgehead atoms. The van der Waals surface area contributed by atoms with Crippen molar-refractivity contribution in [3.05, 3.63) is 0 Å². The SMILES string of the molecule is CNC(=O)NCC1NCCCC1C. The second kappa shape index (κ2) is 5.07. The van der Waals surface area contributed by atoms with Crippen LogP contribution in [0.15, 0.2) is 0 Å². The van der Waals surface area contributed by atoms with Gasteiger partial charge in [-0.2, -0.15) is 0 Å². The molecule has 0 aromatic rings. The Morgan fingerprint density at radius 2 is 2.38 bits per heavy atom. The van der Waals surface area contributed by atoms with Crippen molar-refractivity contribution >= 4 is 6.03 Å². The van der Waals surface area contributed by atoms with E-state index in [9.17, 15) is 4.79 Å². The predicted molar refractivity (Wildman–Crippen MR) is 52.6 cm³/mol. The fourth-order valence-electron chi connectivity index (χ4n) is 1.68. The zero-order chi connectivity index (χ0) is 9.68. The van der Waals surface area contributed by atoms with Crippen LogP contribution in [0.2, 0.25) is 0 Å². The molecule has 1 aliphatic rings. The lowest BCUT2D eigenvalue weighted by Crippen LogP contribution is -2.49. The summed E-state index contributed by atoms with van der Waals surface area (Å²) in [5.41, 5.74) is 0. The molecule has 2 atom stereocenters. The van der Waals surface area contributed by atoms with Crippen LogP contribution in [-0.2, 0) is 0 Å². The fraction of sp³-hybridized carbons (Fsp3) is 0.889. The molecule has 1 saturated heterocycles. The monoisotopic (exact) mass is 185 g/mol. The van der Waals surface area contributed by atoms with Gasteiger partial charge in [0.05, 0.1) is 0 Å². The van der Waals surface area contributed by atoms with Crippen molar-refractivity contribution in [3.63, 3.8) is 0 Å². The number of piperidine rings is 1. The maximum atomic E-state index is 10.9. The molecule has 1 rings (SSSR count). The maximum Gasteiger partial charge on any atom is 0.314 e. The Balaban J connectivity index is 2.22. The molecular formula is C9H19N3O. The number of urea groups is 1. The average molecular weight is 185 g/mol. The highest BCUT2D eigenvalue weighted by Crippen LogP contribution is 2.14. The summed E-state index contributed by atoms with van der Waals surface area (Å²) < 4.78 is 0. The lowest BCUT2D eigenvalue weighted by Gasteiger charge is -2.30. The minimum atomic E-state index is -0.0976. The first-order valence-electron chi connectivity index (χ1n) is 4.93. The van der Waals surface area contributed by atoms with Gasteiger partial charge in [-0.1, -0.05) is 6.92 Å². The molecule has 1 fully saturated rings. The quantitative estimate of drug-likeness (QED) is 0.579. The Morgan fingerprint density at radius 1 is 1.62 bits per heavy atom. The van der Waals surface area contributed by atoms with E-state index in [1.807, 2.05) is 0 Å². The van der Waals surface area contributed by atoms with E-state index in [4.69, 9.17) is 0 Å². The summed E-state index contributed by atoms with van der Waals surface area (Å²) in [7, 11) is 1.63. The maximum absolute atomic E-state index is 10.9. The van der Waals surface area contributed by atoms with Crippen LogP contribution in [-0.4, -0.2) is 32.2 Å². The normalized spacial score (nSPS) is 28.2. The van der Waals surface area contributed by atoms with Crippen LogP contribution in [0.5, 0.6) is 0 Å². The number of nitrogens with one attached hydrogen (secondary N) is 3. The Hall–Kier alpha value is -0.770. The van der Waals surface area contributed by atoms with E-state index >= 15 is 0 Å². The van der Waals surface area contributed by atoms with Crippen LogP contribution >= 0.6 is 0 Å². The van der Waals surface area contributed by atoms with E-state index < -0.39 is 0 Å². The molecule has 0 aromatic carbocycles. The van der Waals surface area contributed by atoms with Gasteiger partial charge in [0.25, 0.3) is 0 Å². The molecule has 2 amide bonds. The minimum Gasteiger partial charge on any atom is -0.341 e. The Bertz CT molecular complexity index is 172. The molecule has 0 aromatic heterocycles. The first-order valence-corrected chi connectivity index (χ1v) is 4.93. The molecule has 0 spiro atoms. The number of rotatable bonds is 2. The van der Waals surface area contributed by atoms with E-state index in [1.165, 1.54) is 12.8 Å². The van der Waals surface area contributed by atoms with Gasteiger partial charge in [-0.25, -0.2) is 4.79 Å². The molecule has 3 N–H and O–H groups in total. The van der Waals surface area contributed by atoms with E-state index in [0.29, 0.717) is 12.0 Å². The third kappa shape index (κ3) is 3.22. The van der Waals surface area contributed by atoms with Gasteiger partial charge in [0, 0.05) is 19.6 Å². The Morgan fingerprint density at radius 3 is 3.00 bits per heavy atom. The van der Waals surface area contributed by atoms with Crippen molar-refractivity contribution in [2.24, 2.45) is 5.92 Å². The molecule has 0 aliphatic carbocycles. The molecule has 0 radical (unpaired) electrons. The van der Waals surface area contributed by atoms with E-state index in [0.717, 1.165) is 13.1 Å². The van der Waals surface area contributed by atoms with Crippen molar-refractivity contribution in [1.29, 1.82) is 0 Å². The van der Waals surface area contributed by atoms with Crippen LogP contribution in [0, 0.1) is 5.92 Å². The highest BCUT2D eigenvalue weighted by atomic mass is 16.2. The summed E-state index contributed by atoms with van der Waals surface area (Å²) in [4.78, 5) is 10.9. The highest BCUT2D eigenvalue weighted by molar-refractivity contribution is 5.73. The van der Waals surface area contributed by atoms with Crippen LogP contribution in [0.3, 0.4) is 0 Å². The second-order valence-corrected chi connectivity index (χ2v) is 3.64. The fourth-order valence-corrected chi connectivity index (χ4v) is 1.68. The largest absolute Gasteiger partial charge is 0.341 e. The Kier molecular flexibility index (Phi) is 4.02. The molecule has 13 heavy (non-hydrogen) atoms. The van der Waals surface area contributed by atoms with Crippen molar-refractivity contribution in [3.8, 4) is 0 Å². The van der Waals surface area contributed by atoms with Crippen molar-refractivity contribution in [2.45, 2.75) is 25.8 Å². The third-order valence-electron chi connectivity index (χ3n) is 2.64. The Labute approximate surface area is 79.5 Å². The van der Waals surface area contributed by atoms with Crippen molar-refractivity contribution < 1.29 is 4.79 Å².